The van der Waals surface area contributed by atoms with E-state index >= 15 is 0 Å². The van der Waals surface area contributed by atoms with Crippen molar-refractivity contribution in [2.45, 2.75) is 37.9 Å². The molecule has 0 saturated heterocycles. The number of aromatic nitrogens is 4. The fourth-order valence-corrected chi connectivity index (χ4v) is 3.98. The van der Waals surface area contributed by atoms with E-state index in [0.717, 1.165) is 24.1 Å². The second-order valence-electron chi connectivity index (χ2n) is 7.78. The zero-order valence-electron chi connectivity index (χ0n) is 16.5. The van der Waals surface area contributed by atoms with E-state index in [-0.39, 0.29) is 11.8 Å². The van der Waals surface area contributed by atoms with Gasteiger partial charge in [-0.05, 0) is 37.5 Å². The maximum absolute atomic E-state index is 13.1. The highest BCUT2D eigenvalue weighted by molar-refractivity contribution is 6.02. The molecule has 1 N–H and O–H groups in total. The van der Waals surface area contributed by atoms with E-state index < -0.39 is 5.54 Å². The van der Waals surface area contributed by atoms with Gasteiger partial charge < -0.3 is 14.8 Å². The lowest BCUT2D eigenvalue weighted by Crippen LogP contribution is -2.49. The summed E-state index contributed by atoms with van der Waals surface area (Å²) in [6.07, 6.45) is 11.0. The van der Waals surface area contributed by atoms with Crippen molar-refractivity contribution in [2.75, 3.05) is 6.54 Å². The van der Waals surface area contributed by atoms with E-state index in [9.17, 15) is 9.59 Å². The van der Waals surface area contributed by atoms with Gasteiger partial charge in [0.2, 0.25) is 5.91 Å². The number of rotatable bonds is 7. The second kappa shape index (κ2) is 7.37. The number of carbonyl (C=O) groups is 2. The summed E-state index contributed by atoms with van der Waals surface area (Å²) in [5, 5.41) is 3.01. The summed E-state index contributed by atoms with van der Waals surface area (Å²) in [6.45, 7) is 1.79. The Morgan fingerprint density at radius 1 is 1.17 bits per heavy atom. The summed E-state index contributed by atoms with van der Waals surface area (Å²) >= 11 is 0. The standard InChI is InChI=1S/C22H22N6O2/c29-20-19-17(4-5-18(26-19)16-3-1-8-23-13-16)14-28(20)22(6-7-22)21(30)25-9-2-11-27-12-10-24-15-27/h1,3-5,8,10,12-13,15H,2,6-7,9,11,14H2,(H,25,30). The van der Waals surface area contributed by atoms with Crippen LogP contribution in [0, 0.1) is 0 Å². The van der Waals surface area contributed by atoms with Gasteiger partial charge in [0.05, 0.1) is 12.0 Å². The molecule has 152 valence electrons. The van der Waals surface area contributed by atoms with Gasteiger partial charge in [0.15, 0.2) is 0 Å². The van der Waals surface area contributed by atoms with Gasteiger partial charge in [0.1, 0.15) is 11.2 Å². The molecular weight excluding hydrogens is 380 g/mol. The summed E-state index contributed by atoms with van der Waals surface area (Å²) in [5.41, 5.74) is 2.15. The van der Waals surface area contributed by atoms with Gasteiger partial charge in [0, 0.05) is 55.5 Å². The first kappa shape index (κ1) is 18.5. The number of imidazole rings is 1. The molecule has 1 saturated carbocycles. The molecule has 8 nitrogen and oxygen atoms in total. The maximum atomic E-state index is 13.1. The first-order chi connectivity index (χ1) is 14.7. The number of hydrogen-bond donors (Lipinski definition) is 1. The molecule has 2 amide bonds. The first-order valence-corrected chi connectivity index (χ1v) is 10.1. The Bertz CT molecular complexity index is 1080. The first-order valence-electron chi connectivity index (χ1n) is 10.1. The van der Waals surface area contributed by atoms with Crippen molar-refractivity contribution in [3.8, 4) is 11.3 Å². The number of hydrogen-bond acceptors (Lipinski definition) is 5. The Morgan fingerprint density at radius 3 is 2.80 bits per heavy atom. The third kappa shape index (κ3) is 3.24. The Balaban J connectivity index is 1.26. The molecule has 8 heteroatoms. The molecule has 4 heterocycles. The fourth-order valence-electron chi connectivity index (χ4n) is 3.98. The Labute approximate surface area is 174 Å². The van der Waals surface area contributed by atoms with Crippen molar-refractivity contribution in [3.63, 3.8) is 0 Å². The summed E-state index contributed by atoms with van der Waals surface area (Å²) in [4.78, 5) is 40.4. The molecule has 5 rings (SSSR count). The summed E-state index contributed by atoms with van der Waals surface area (Å²) in [6, 6.07) is 7.59. The molecule has 0 unspecified atom stereocenters. The van der Waals surface area contributed by atoms with Gasteiger partial charge in [-0.1, -0.05) is 6.07 Å². The van der Waals surface area contributed by atoms with Crippen LogP contribution < -0.4 is 5.32 Å². The SMILES string of the molecule is O=C1c2nc(-c3cccnc3)ccc2CN1C1(C(=O)NCCCn2ccnc2)CC1. The van der Waals surface area contributed by atoms with Crippen LogP contribution in [-0.4, -0.2) is 48.3 Å². The van der Waals surface area contributed by atoms with Crippen molar-refractivity contribution in [2.24, 2.45) is 0 Å². The predicted molar refractivity (Wildman–Crippen MR) is 109 cm³/mol. The van der Waals surface area contributed by atoms with Crippen LogP contribution in [0.2, 0.25) is 0 Å². The highest BCUT2D eigenvalue weighted by Crippen LogP contribution is 2.46. The van der Waals surface area contributed by atoms with E-state index in [4.69, 9.17) is 0 Å². The molecule has 0 spiro atoms. The van der Waals surface area contributed by atoms with E-state index in [2.05, 4.69) is 20.3 Å². The molecule has 1 aliphatic carbocycles. The quantitative estimate of drug-likeness (QED) is 0.611. The normalized spacial score (nSPS) is 16.4. The summed E-state index contributed by atoms with van der Waals surface area (Å²) in [5.74, 6) is -0.233. The Hall–Kier alpha value is -3.55. The monoisotopic (exact) mass is 402 g/mol. The van der Waals surface area contributed by atoms with E-state index in [1.165, 1.54) is 0 Å². The van der Waals surface area contributed by atoms with Crippen LogP contribution in [0.5, 0.6) is 0 Å². The van der Waals surface area contributed by atoms with Crippen LogP contribution in [-0.2, 0) is 17.9 Å². The molecule has 0 bridgehead atoms. The number of nitrogens with zero attached hydrogens (tertiary/aromatic N) is 5. The molecule has 2 aliphatic rings. The minimum absolute atomic E-state index is 0.0678. The predicted octanol–water partition coefficient (Wildman–Crippen LogP) is 2.03. The van der Waals surface area contributed by atoms with Crippen molar-refractivity contribution in [3.05, 3.63) is 66.6 Å². The summed E-state index contributed by atoms with van der Waals surface area (Å²) in [7, 11) is 0. The van der Waals surface area contributed by atoms with Gasteiger partial charge in [-0.3, -0.25) is 14.6 Å². The summed E-state index contributed by atoms with van der Waals surface area (Å²) < 4.78 is 1.98. The van der Waals surface area contributed by atoms with Crippen molar-refractivity contribution < 1.29 is 9.59 Å². The number of fused-ring (bicyclic) bond motifs is 1. The second-order valence-corrected chi connectivity index (χ2v) is 7.78. The van der Waals surface area contributed by atoms with E-state index in [0.29, 0.717) is 37.3 Å². The number of pyridine rings is 2. The van der Waals surface area contributed by atoms with Crippen LogP contribution in [0.15, 0.2) is 55.4 Å². The zero-order chi connectivity index (χ0) is 20.6. The molecule has 3 aromatic rings. The van der Waals surface area contributed by atoms with Gasteiger partial charge in [-0.15, -0.1) is 0 Å². The van der Waals surface area contributed by atoms with E-state index in [1.54, 1.807) is 29.8 Å². The number of aryl methyl sites for hydroxylation is 1. The number of carbonyl (C=O) groups excluding carboxylic acids is 2. The minimum Gasteiger partial charge on any atom is -0.354 e. The van der Waals surface area contributed by atoms with Crippen molar-refractivity contribution >= 4 is 11.8 Å². The molecule has 1 aliphatic heterocycles. The number of amides is 2. The smallest absolute Gasteiger partial charge is 0.274 e. The van der Waals surface area contributed by atoms with Crippen LogP contribution in [0.25, 0.3) is 11.3 Å². The lowest BCUT2D eigenvalue weighted by Gasteiger charge is -2.26. The average Bonchev–Trinajstić information content (AvgIpc) is 3.29. The third-order valence-corrected chi connectivity index (χ3v) is 5.81. The molecule has 1 fully saturated rings. The van der Waals surface area contributed by atoms with Crippen LogP contribution in [0.3, 0.4) is 0 Å². The lowest BCUT2D eigenvalue weighted by atomic mass is 10.1. The fraction of sp³-hybridized carbons (Fsp3) is 0.318. The van der Waals surface area contributed by atoms with E-state index in [1.807, 2.05) is 35.0 Å². The van der Waals surface area contributed by atoms with Crippen molar-refractivity contribution in [1.82, 2.24) is 29.7 Å². The van der Waals surface area contributed by atoms with Crippen molar-refractivity contribution in [1.29, 1.82) is 0 Å². The number of nitrogens with one attached hydrogen (secondary N) is 1. The lowest BCUT2D eigenvalue weighted by molar-refractivity contribution is -0.127. The average molecular weight is 402 g/mol. The minimum atomic E-state index is -0.735. The Kier molecular flexibility index (Phi) is 4.54. The molecule has 0 radical (unpaired) electrons. The van der Waals surface area contributed by atoms with Crippen LogP contribution >= 0.6 is 0 Å². The molecule has 0 atom stereocenters. The third-order valence-electron chi connectivity index (χ3n) is 5.81. The van der Waals surface area contributed by atoms with Crippen LogP contribution in [0.4, 0.5) is 0 Å². The van der Waals surface area contributed by atoms with Gasteiger partial charge >= 0.3 is 0 Å². The largest absolute Gasteiger partial charge is 0.354 e. The molecular formula is C22H22N6O2. The molecule has 3 aromatic heterocycles. The Morgan fingerprint density at radius 2 is 2.07 bits per heavy atom. The highest BCUT2D eigenvalue weighted by Gasteiger charge is 2.58. The highest BCUT2D eigenvalue weighted by atomic mass is 16.2. The zero-order valence-corrected chi connectivity index (χ0v) is 16.5. The molecule has 30 heavy (non-hydrogen) atoms. The van der Waals surface area contributed by atoms with Gasteiger partial charge in [0.25, 0.3) is 5.91 Å². The maximum Gasteiger partial charge on any atom is 0.274 e. The molecule has 0 aromatic carbocycles. The van der Waals surface area contributed by atoms with Crippen LogP contribution in [0.1, 0.15) is 35.3 Å². The topological polar surface area (TPSA) is 93.0 Å². The van der Waals surface area contributed by atoms with Gasteiger partial charge in [-0.2, -0.15) is 0 Å². The van der Waals surface area contributed by atoms with Gasteiger partial charge in [-0.25, -0.2) is 9.97 Å².